The first kappa shape index (κ1) is 11.9. The molecule has 2 saturated heterocycles. The maximum absolute atomic E-state index is 11.1. The van der Waals surface area contributed by atoms with E-state index < -0.39 is 5.60 Å². The molecule has 4 rings (SSSR count). The molecule has 102 valence electrons. The van der Waals surface area contributed by atoms with Gasteiger partial charge in [-0.3, -0.25) is 4.90 Å². The normalized spacial score (nSPS) is 38.6. The van der Waals surface area contributed by atoms with Crippen LogP contribution in [0.5, 0.6) is 0 Å². The zero-order chi connectivity index (χ0) is 12.9. The van der Waals surface area contributed by atoms with Gasteiger partial charge in [-0.1, -0.05) is 30.3 Å². The molecule has 1 N–H and O–H groups in total. The van der Waals surface area contributed by atoms with E-state index in [2.05, 4.69) is 17.0 Å². The molecule has 0 amide bonds. The van der Waals surface area contributed by atoms with Gasteiger partial charge in [0, 0.05) is 18.6 Å². The zero-order valence-electron chi connectivity index (χ0n) is 11.5. The van der Waals surface area contributed by atoms with Crippen molar-refractivity contribution in [2.24, 2.45) is 5.92 Å². The maximum Gasteiger partial charge on any atom is 0.0926 e. The van der Waals surface area contributed by atoms with E-state index in [0.717, 1.165) is 24.3 Å². The summed E-state index contributed by atoms with van der Waals surface area (Å²) < 4.78 is 0. The molecule has 2 atom stereocenters. The fourth-order valence-corrected chi connectivity index (χ4v) is 4.20. The van der Waals surface area contributed by atoms with Gasteiger partial charge in [0.2, 0.25) is 0 Å². The monoisotopic (exact) mass is 257 g/mol. The molecule has 1 saturated carbocycles. The highest BCUT2D eigenvalue weighted by atomic mass is 16.3. The van der Waals surface area contributed by atoms with Crippen molar-refractivity contribution in [3.8, 4) is 0 Å². The Hall–Kier alpha value is -0.860. The van der Waals surface area contributed by atoms with E-state index in [0.29, 0.717) is 12.1 Å². The first-order chi connectivity index (χ1) is 9.24. The van der Waals surface area contributed by atoms with Gasteiger partial charge in [-0.2, -0.15) is 0 Å². The van der Waals surface area contributed by atoms with Crippen LogP contribution in [0.15, 0.2) is 30.3 Å². The molecule has 0 spiro atoms. The van der Waals surface area contributed by atoms with Crippen molar-refractivity contribution in [1.82, 2.24) is 4.90 Å². The molecule has 2 nitrogen and oxygen atoms in total. The summed E-state index contributed by atoms with van der Waals surface area (Å²) in [6.45, 7) is 1.29. The average Bonchev–Trinajstić information content (AvgIpc) is 3.20. The van der Waals surface area contributed by atoms with Crippen molar-refractivity contribution in [2.75, 3.05) is 6.54 Å². The van der Waals surface area contributed by atoms with Gasteiger partial charge in [0.1, 0.15) is 0 Å². The third-order valence-electron chi connectivity index (χ3n) is 5.39. The predicted molar refractivity (Wildman–Crippen MR) is 75.8 cm³/mol. The molecule has 1 aromatic rings. The standard InChI is InChI=1S/C17H23NO/c19-17(14-4-2-1-3-5-14)10-15-8-9-16(11-17)18(15)12-13-6-7-13/h1-5,13,15-16,19H,6-12H2/t15-,16-/m0/s1. The minimum Gasteiger partial charge on any atom is -0.385 e. The Morgan fingerprint density at radius 3 is 2.21 bits per heavy atom. The third-order valence-corrected chi connectivity index (χ3v) is 5.39. The van der Waals surface area contributed by atoms with E-state index in [1.54, 1.807) is 0 Å². The zero-order valence-corrected chi connectivity index (χ0v) is 11.5. The van der Waals surface area contributed by atoms with Gasteiger partial charge in [0.15, 0.2) is 0 Å². The fraction of sp³-hybridized carbons (Fsp3) is 0.647. The van der Waals surface area contributed by atoms with Crippen LogP contribution in [0.1, 0.15) is 44.1 Å². The topological polar surface area (TPSA) is 23.5 Å². The molecule has 1 aliphatic carbocycles. The number of piperidine rings is 1. The first-order valence-electron chi connectivity index (χ1n) is 7.78. The van der Waals surface area contributed by atoms with Crippen LogP contribution in [0.25, 0.3) is 0 Å². The second kappa shape index (κ2) is 4.32. The molecule has 2 bridgehead atoms. The summed E-state index contributed by atoms with van der Waals surface area (Å²) in [5, 5.41) is 11.1. The Kier molecular flexibility index (Phi) is 2.71. The molecule has 0 aromatic heterocycles. The average molecular weight is 257 g/mol. The summed E-state index contributed by atoms with van der Waals surface area (Å²) in [5.41, 5.74) is 0.547. The van der Waals surface area contributed by atoms with Crippen LogP contribution in [0, 0.1) is 5.92 Å². The van der Waals surface area contributed by atoms with E-state index in [9.17, 15) is 5.11 Å². The van der Waals surface area contributed by atoms with E-state index in [4.69, 9.17) is 0 Å². The van der Waals surface area contributed by atoms with Crippen molar-refractivity contribution in [1.29, 1.82) is 0 Å². The summed E-state index contributed by atoms with van der Waals surface area (Å²) >= 11 is 0. The van der Waals surface area contributed by atoms with Crippen molar-refractivity contribution >= 4 is 0 Å². The van der Waals surface area contributed by atoms with E-state index in [-0.39, 0.29) is 0 Å². The molecule has 3 aliphatic rings. The second-order valence-corrected chi connectivity index (χ2v) is 6.83. The molecular weight excluding hydrogens is 234 g/mol. The lowest BCUT2D eigenvalue weighted by Gasteiger charge is -2.44. The molecule has 2 aliphatic heterocycles. The van der Waals surface area contributed by atoms with Crippen LogP contribution in [-0.2, 0) is 5.60 Å². The Morgan fingerprint density at radius 2 is 1.63 bits per heavy atom. The molecule has 2 heterocycles. The van der Waals surface area contributed by atoms with Gasteiger partial charge in [0.25, 0.3) is 0 Å². The third kappa shape index (κ3) is 2.11. The fourth-order valence-electron chi connectivity index (χ4n) is 4.20. The van der Waals surface area contributed by atoms with Gasteiger partial charge in [-0.25, -0.2) is 0 Å². The second-order valence-electron chi connectivity index (χ2n) is 6.83. The number of benzene rings is 1. The van der Waals surface area contributed by atoms with Gasteiger partial charge in [-0.05, 0) is 50.0 Å². The Bertz CT molecular complexity index is 440. The summed E-state index contributed by atoms with van der Waals surface area (Å²) in [6.07, 6.45) is 7.29. The number of hydrogen-bond acceptors (Lipinski definition) is 2. The van der Waals surface area contributed by atoms with Crippen molar-refractivity contribution < 1.29 is 5.11 Å². The highest BCUT2D eigenvalue weighted by molar-refractivity contribution is 5.25. The Balaban J connectivity index is 1.56. The van der Waals surface area contributed by atoms with Crippen LogP contribution >= 0.6 is 0 Å². The molecule has 19 heavy (non-hydrogen) atoms. The van der Waals surface area contributed by atoms with Gasteiger partial charge in [-0.15, -0.1) is 0 Å². The quantitative estimate of drug-likeness (QED) is 0.900. The predicted octanol–water partition coefficient (Wildman–Crippen LogP) is 2.91. The highest BCUT2D eigenvalue weighted by Gasteiger charge is 2.48. The number of rotatable bonds is 3. The van der Waals surface area contributed by atoms with Crippen LogP contribution in [0.4, 0.5) is 0 Å². The smallest absolute Gasteiger partial charge is 0.0926 e. The van der Waals surface area contributed by atoms with Gasteiger partial charge < -0.3 is 5.11 Å². The largest absolute Gasteiger partial charge is 0.385 e. The molecule has 2 heteroatoms. The summed E-state index contributed by atoms with van der Waals surface area (Å²) in [6, 6.07) is 11.5. The number of aliphatic hydroxyl groups is 1. The summed E-state index contributed by atoms with van der Waals surface area (Å²) in [5.74, 6) is 0.964. The minimum atomic E-state index is -0.576. The van der Waals surface area contributed by atoms with E-state index in [1.807, 2.05) is 18.2 Å². The number of fused-ring (bicyclic) bond motifs is 2. The highest BCUT2D eigenvalue weighted by Crippen LogP contribution is 2.47. The molecule has 0 unspecified atom stereocenters. The van der Waals surface area contributed by atoms with Crippen LogP contribution < -0.4 is 0 Å². The first-order valence-corrected chi connectivity index (χ1v) is 7.78. The summed E-state index contributed by atoms with van der Waals surface area (Å²) in [7, 11) is 0. The lowest BCUT2D eigenvalue weighted by Crippen LogP contribution is -2.50. The summed E-state index contributed by atoms with van der Waals surface area (Å²) in [4.78, 5) is 2.72. The van der Waals surface area contributed by atoms with Crippen molar-refractivity contribution in [3.63, 3.8) is 0 Å². The molecule has 1 aromatic carbocycles. The SMILES string of the molecule is OC1(c2ccccc2)C[C@@H]2CC[C@@H](C1)N2CC1CC1. The van der Waals surface area contributed by atoms with Gasteiger partial charge >= 0.3 is 0 Å². The van der Waals surface area contributed by atoms with Gasteiger partial charge in [0.05, 0.1) is 5.60 Å². The van der Waals surface area contributed by atoms with Crippen LogP contribution in [-0.4, -0.2) is 28.6 Å². The Morgan fingerprint density at radius 1 is 1.00 bits per heavy atom. The van der Waals surface area contributed by atoms with E-state index >= 15 is 0 Å². The van der Waals surface area contributed by atoms with Crippen LogP contribution in [0.3, 0.4) is 0 Å². The molecule has 3 fully saturated rings. The lowest BCUT2D eigenvalue weighted by atomic mass is 9.80. The molecule has 0 radical (unpaired) electrons. The lowest BCUT2D eigenvalue weighted by molar-refractivity contribution is -0.0580. The molecular formula is C17H23NO. The maximum atomic E-state index is 11.1. The van der Waals surface area contributed by atoms with Crippen molar-refractivity contribution in [2.45, 2.75) is 56.2 Å². The van der Waals surface area contributed by atoms with Crippen LogP contribution in [0.2, 0.25) is 0 Å². The number of hydrogen-bond donors (Lipinski definition) is 1. The minimum absolute atomic E-state index is 0.576. The van der Waals surface area contributed by atoms with Crippen molar-refractivity contribution in [3.05, 3.63) is 35.9 Å². The van der Waals surface area contributed by atoms with E-state index in [1.165, 1.54) is 32.2 Å². The number of nitrogens with zero attached hydrogens (tertiary/aromatic N) is 1. The Labute approximate surface area is 115 Å².